The average molecular weight is 257 g/mol. The van der Waals surface area contributed by atoms with Gasteiger partial charge in [0.05, 0.1) is 6.61 Å². The van der Waals surface area contributed by atoms with E-state index >= 15 is 0 Å². The molecule has 0 spiro atoms. The van der Waals surface area contributed by atoms with Crippen LogP contribution in [-0.2, 0) is 4.74 Å². The number of hydrogen-bond donors (Lipinski definition) is 2. The first-order valence-electron chi connectivity index (χ1n) is 5.90. The third-order valence-corrected chi connectivity index (χ3v) is 2.37. The first-order chi connectivity index (χ1) is 8.61. The maximum absolute atomic E-state index is 12.6. The molecular weight excluding hydrogens is 237 g/mol. The molecule has 0 heterocycles. The van der Waals surface area contributed by atoms with Crippen LogP contribution in [0, 0.1) is 5.82 Å². The minimum absolute atomic E-state index is 0.165. The Morgan fingerprint density at radius 2 is 1.94 bits per heavy atom. The lowest BCUT2D eigenvalue weighted by molar-refractivity contribution is 0.0973. The first-order valence-corrected chi connectivity index (χ1v) is 5.90. The van der Waals surface area contributed by atoms with E-state index < -0.39 is 6.10 Å². The number of nitrogens with one attached hydrogen (secondary N) is 1. The number of aliphatic hydroxyl groups excluding tert-OH is 1. The molecule has 102 valence electrons. The van der Waals surface area contributed by atoms with Crippen LogP contribution in [0.1, 0.15) is 6.92 Å². The lowest BCUT2D eigenvalue weighted by Gasteiger charge is -2.17. The van der Waals surface area contributed by atoms with E-state index in [0.717, 1.165) is 0 Å². The number of rotatable bonds is 8. The zero-order chi connectivity index (χ0) is 13.4. The predicted molar refractivity (Wildman–Crippen MR) is 67.2 cm³/mol. The normalized spacial score (nSPS) is 14.2. The second kappa shape index (κ2) is 8.02. The fraction of sp³-hybridized carbons (Fsp3) is 0.538. The average Bonchev–Trinajstić information content (AvgIpc) is 2.36. The van der Waals surface area contributed by atoms with Crippen molar-refractivity contribution in [2.45, 2.75) is 19.1 Å². The largest absolute Gasteiger partial charge is 0.491 e. The molecule has 1 rings (SSSR count). The molecule has 5 heteroatoms. The van der Waals surface area contributed by atoms with Crippen molar-refractivity contribution in [3.8, 4) is 5.75 Å². The molecule has 1 aromatic rings. The highest BCUT2D eigenvalue weighted by molar-refractivity contribution is 5.22. The molecule has 0 amide bonds. The van der Waals surface area contributed by atoms with Crippen LogP contribution >= 0.6 is 0 Å². The zero-order valence-corrected chi connectivity index (χ0v) is 10.7. The molecule has 2 atom stereocenters. The van der Waals surface area contributed by atoms with Gasteiger partial charge in [-0.1, -0.05) is 0 Å². The molecule has 4 nitrogen and oxygen atoms in total. The number of methoxy groups -OCH3 is 1. The highest BCUT2D eigenvalue weighted by Gasteiger charge is 2.07. The zero-order valence-electron chi connectivity index (χ0n) is 10.7. The second-order valence-electron chi connectivity index (χ2n) is 4.18. The van der Waals surface area contributed by atoms with Gasteiger partial charge in [0.1, 0.15) is 24.3 Å². The summed E-state index contributed by atoms with van der Waals surface area (Å²) in [5, 5.41) is 12.8. The van der Waals surface area contributed by atoms with Gasteiger partial charge in [-0.3, -0.25) is 0 Å². The van der Waals surface area contributed by atoms with Gasteiger partial charge in [0.15, 0.2) is 0 Å². The molecule has 0 aliphatic rings. The number of ether oxygens (including phenoxy) is 2. The van der Waals surface area contributed by atoms with Gasteiger partial charge in [-0.05, 0) is 31.2 Å². The number of hydrogen-bond acceptors (Lipinski definition) is 4. The molecule has 0 aromatic heterocycles. The highest BCUT2D eigenvalue weighted by atomic mass is 19.1. The van der Waals surface area contributed by atoms with Crippen molar-refractivity contribution >= 4 is 0 Å². The number of aliphatic hydroxyl groups is 1. The Morgan fingerprint density at radius 3 is 2.56 bits per heavy atom. The van der Waals surface area contributed by atoms with Crippen LogP contribution in [-0.4, -0.2) is 44.1 Å². The van der Waals surface area contributed by atoms with Crippen LogP contribution in [0.4, 0.5) is 4.39 Å². The lowest BCUT2D eigenvalue weighted by Crippen LogP contribution is -2.38. The Bertz CT molecular complexity index is 332. The van der Waals surface area contributed by atoms with E-state index in [1.807, 2.05) is 6.92 Å². The Morgan fingerprint density at radius 1 is 1.28 bits per heavy atom. The minimum atomic E-state index is -0.616. The van der Waals surface area contributed by atoms with Gasteiger partial charge in [0.25, 0.3) is 0 Å². The van der Waals surface area contributed by atoms with E-state index in [4.69, 9.17) is 9.47 Å². The summed E-state index contributed by atoms with van der Waals surface area (Å²) in [4.78, 5) is 0. The third-order valence-electron chi connectivity index (χ3n) is 2.37. The molecule has 1 aromatic carbocycles. The van der Waals surface area contributed by atoms with Gasteiger partial charge in [-0.15, -0.1) is 0 Å². The summed E-state index contributed by atoms with van der Waals surface area (Å²) in [5.41, 5.74) is 0. The van der Waals surface area contributed by atoms with Gasteiger partial charge in [-0.2, -0.15) is 0 Å². The third kappa shape index (κ3) is 5.95. The molecule has 2 N–H and O–H groups in total. The Hall–Kier alpha value is -1.17. The molecule has 0 saturated carbocycles. The predicted octanol–water partition coefficient (Wildman–Crippen LogP) is 1.19. The lowest BCUT2D eigenvalue weighted by atomic mass is 10.3. The Kier molecular flexibility index (Phi) is 6.64. The molecule has 0 bridgehead atoms. The summed E-state index contributed by atoms with van der Waals surface area (Å²) in [6, 6.07) is 5.88. The summed E-state index contributed by atoms with van der Waals surface area (Å²) in [6.07, 6.45) is -0.616. The molecule has 0 aliphatic carbocycles. The molecule has 18 heavy (non-hydrogen) atoms. The van der Waals surface area contributed by atoms with E-state index in [1.165, 1.54) is 24.3 Å². The van der Waals surface area contributed by atoms with E-state index in [0.29, 0.717) is 18.9 Å². The smallest absolute Gasteiger partial charge is 0.123 e. The Balaban J connectivity index is 2.20. The van der Waals surface area contributed by atoms with Crippen molar-refractivity contribution < 1.29 is 19.0 Å². The van der Waals surface area contributed by atoms with Gasteiger partial charge >= 0.3 is 0 Å². The summed E-state index contributed by atoms with van der Waals surface area (Å²) >= 11 is 0. The molecular formula is C13H20FNO3. The molecule has 0 saturated heterocycles. The van der Waals surface area contributed by atoms with Gasteiger partial charge in [0, 0.05) is 19.7 Å². The van der Waals surface area contributed by atoms with Crippen LogP contribution in [0.5, 0.6) is 5.75 Å². The van der Waals surface area contributed by atoms with Crippen LogP contribution in [0.15, 0.2) is 24.3 Å². The maximum atomic E-state index is 12.6. The highest BCUT2D eigenvalue weighted by Crippen LogP contribution is 2.11. The van der Waals surface area contributed by atoms with Crippen LogP contribution < -0.4 is 10.1 Å². The maximum Gasteiger partial charge on any atom is 0.123 e. The first kappa shape index (κ1) is 14.9. The van der Waals surface area contributed by atoms with Crippen molar-refractivity contribution in [2.24, 2.45) is 0 Å². The molecule has 2 unspecified atom stereocenters. The fourth-order valence-electron chi connectivity index (χ4n) is 1.43. The Labute approximate surface area is 107 Å². The fourth-order valence-corrected chi connectivity index (χ4v) is 1.43. The van der Waals surface area contributed by atoms with Crippen molar-refractivity contribution in [3.05, 3.63) is 30.1 Å². The monoisotopic (exact) mass is 257 g/mol. The molecule has 0 aliphatic heterocycles. The standard InChI is InChI=1S/C13H20FNO3/c1-10(8-17-2)15-7-12(16)9-18-13-5-3-11(14)4-6-13/h3-6,10,12,15-16H,7-9H2,1-2H3. The number of halogens is 1. The second-order valence-corrected chi connectivity index (χ2v) is 4.18. The van der Waals surface area contributed by atoms with Crippen LogP contribution in [0.3, 0.4) is 0 Å². The summed E-state index contributed by atoms with van der Waals surface area (Å²) in [7, 11) is 1.63. The van der Waals surface area contributed by atoms with E-state index in [-0.39, 0.29) is 18.5 Å². The van der Waals surface area contributed by atoms with Crippen molar-refractivity contribution in [1.82, 2.24) is 5.32 Å². The van der Waals surface area contributed by atoms with E-state index in [2.05, 4.69) is 5.32 Å². The SMILES string of the molecule is COCC(C)NCC(O)COc1ccc(F)cc1. The molecule has 0 fully saturated rings. The van der Waals surface area contributed by atoms with E-state index in [9.17, 15) is 9.50 Å². The summed E-state index contributed by atoms with van der Waals surface area (Å²) in [6.45, 7) is 3.15. The minimum Gasteiger partial charge on any atom is -0.491 e. The quantitative estimate of drug-likeness (QED) is 0.734. The van der Waals surface area contributed by atoms with Gasteiger partial charge in [-0.25, -0.2) is 4.39 Å². The van der Waals surface area contributed by atoms with Crippen LogP contribution in [0.2, 0.25) is 0 Å². The topological polar surface area (TPSA) is 50.7 Å². The van der Waals surface area contributed by atoms with E-state index in [1.54, 1.807) is 7.11 Å². The van der Waals surface area contributed by atoms with Crippen molar-refractivity contribution in [3.63, 3.8) is 0 Å². The number of benzene rings is 1. The van der Waals surface area contributed by atoms with Gasteiger partial charge < -0.3 is 19.9 Å². The van der Waals surface area contributed by atoms with Crippen molar-refractivity contribution in [2.75, 3.05) is 26.9 Å². The molecule has 0 radical (unpaired) electrons. The van der Waals surface area contributed by atoms with Crippen LogP contribution in [0.25, 0.3) is 0 Å². The summed E-state index contributed by atoms with van der Waals surface area (Å²) < 4.78 is 22.9. The van der Waals surface area contributed by atoms with Gasteiger partial charge in [0.2, 0.25) is 0 Å². The summed E-state index contributed by atoms with van der Waals surface area (Å²) in [5.74, 6) is 0.235. The van der Waals surface area contributed by atoms with Crippen molar-refractivity contribution in [1.29, 1.82) is 0 Å².